The molecule has 0 aliphatic heterocycles. The van der Waals surface area contributed by atoms with Crippen molar-refractivity contribution in [3.05, 3.63) is 53.1 Å². The van der Waals surface area contributed by atoms with E-state index >= 15 is 0 Å². The van der Waals surface area contributed by atoms with Gasteiger partial charge in [-0.15, -0.1) is 0 Å². The first-order valence-electron chi connectivity index (χ1n) is 5.65. The molecule has 2 aromatic rings. The maximum Gasteiger partial charge on any atom is 0.110 e. The van der Waals surface area contributed by atoms with Gasteiger partial charge in [-0.05, 0) is 24.6 Å². The lowest BCUT2D eigenvalue weighted by atomic mass is 10.2. The summed E-state index contributed by atoms with van der Waals surface area (Å²) in [6.45, 7) is 2.79. The zero-order valence-electron chi connectivity index (χ0n) is 9.81. The average molecular weight is 250 g/mol. The predicted octanol–water partition coefficient (Wildman–Crippen LogP) is 2.47. The number of halogens is 1. The first-order chi connectivity index (χ1) is 8.15. The third-order valence-corrected chi connectivity index (χ3v) is 2.82. The van der Waals surface area contributed by atoms with Crippen LogP contribution >= 0.6 is 11.6 Å². The summed E-state index contributed by atoms with van der Waals surface area (Å²) in [4.78, 5) is 4.33. The molecular weight excluding hydrogens is 234 g/mol. The Morgan fingerprint density at radius 2 is 2.06 bits per heavy atom. The molecule has 17 heavy (non-hydrogen) atoms. The van der Waals surface area contributed by atoms with Crippen LogP contribution in [0.25, 0.3) is 0 Å². The summed E-state index contributed by atoms with van der Waals surface area (Å²) in [6, 6.07) is 7.98. The summed E-state index contributed by atoms with van der Waals surface area (Å²) in [5.41, 5.74) is 7.00. The Kier molecular flexibility index (Phi) is 3.82. The summed E-state index contributed by atoms with van der Waals surface area (Å²) in [6.07, 6.45) is 4.58. The van der Waals surface area contributed by atoms with E-state index in [-0.39, 0.29) is 6.04 Å². The summed E-state index contributed by atoms with van der Waals surface area (Å²) >= 11 is 5.86. The number of rotatable bonds is 4. The monoisotopic (exact) mass is 249 g/mol. The third-order valence-electron chi connectivity index (χ3n) is 2.57. The van der Waals surface area contributed by atoms with Gasteiger partial charge in [0.05, 0.1) is 0 Å². The molecule has 4 heteroatoms. The van der Waals surface area contributed by atoms with E-state index < -0.39 is 0 Å². The van der Waals surface area contributed by atoms with Crippen molar-refractivity contribution in [3.8, 4) is 0 Å². The van der Waals surface area contributed by atoms with E-state index in [1.807, 2.05) is 43.6 Å². The molecule has 1 aromatic carbocycles. The fourth-order valence-electron chi connectivity index (χ4n) is 1.75. The number of hydrogen-bond acceptors (Lipinski definition) is 2. The number of benzene rings is 1. The highest BCUT2D eigenvalue weighted by Gasteiger charge is 2.05. The molecule has 90 valence electrons. The second-order valence-electron chi connectivity index (χ2n) is 4.28. The molecule has 0 aliphatic rings. The molecule has 0 amide bonds. The van der Waals surface area contributed by atoms with Crippen LogP contribution < -0.4 is 5.73 Å². The SMILES string of the molecule is CC(N)Cc1nccn1Cc1ccc(Cl)cc1. The van der Waals surface area contributed by atoms with Crippen LogP contribution in [-0.2, 0) is 13.0 Å². The highest BCUT2D eigenvalue weighted by molar-refractivity contribution is 6.30. The van der Waals surface area contributed by atoms with E-state index in [1.165, 1.54) is 5.56 Å². The summed E-state index contributed by atoms with van der Waals surface area (Å²) in [5.74, 6) is 1.02. The summed E-state index contributed by atoms with van der Waals surface area (Å²) < 4.78 is 2.12. The molecule has 1 unspecified atom stereocenters. The van der Waals surface area contributed by atoms with Crippen LogP contribution in [0.2, 0.25) is 5.02 Å². The Labute approximate surface area is 106 Å². The van der Waals surface area contributed by atoms with Gasteiger partial charge >= 0.3 is 0 Å². The van der Waals surface area contributed by atoms with Gasteiger partial charge in [-0.25, -0.2) is 4.98 Å². The molecule has 0 radical (unpaired) electrons. The van der Waals surface area contributed by atoms with Gasteiger partial charge in [0, 0.05) is 36.4 Å². The third kappa shape index (κ3) is 3.32. The van der Waals surface area contributed by atoms with E-state index in [4.69, 9.17) is 17.3 Å². The van der Waals surface area contributed by atoms with Gasteiger partial charge in [0.15, 0.2) is 0 Å². The molecule has 2 N–H and O–H groups in total. The predicted molar refractivity (Wildman–Crippen MR) is 70.1 cm³/mol. The minimum Gasteiger partial charge on any atom is -0.330 e. The van der Waals surface area contributed by atoms with E-state index in [9.17, 15) is 0 Å². The molecule has 1 heterocycles. The van der Waals surface area contributed by atoms with Crippen molar-refractivity contribution in [2.24, 2.45) is 5.73 Å². The minimum atomic E-state index is 0.126. The van der Waals surface area contributed by atoms with Crippen molar-refractivity contribution in [1.29, 1.82) is 0 Å². The first-order valence-corrected chi connectivity index (χ1v) is 6.03. The topological polar surface area (TPSA) is 43.8 Å². The molecular formula is C13H16ClN3. The smallest absolute Gasteiger partial charge is 0.110 e. The Morgan fingerprint density at radius 3 is 2.71 bits per heavy atom. The largest absolute Gasteiger partial charge is 0.330 e. The van der Waals surface area contributed by atoms with Crippen LogP contribution in [0.1, 0.15) is 18.3 Å². The lowest BCUT2D eigenvalue weighted by molar-refractivity contribution is 0.648. The van der Waals surface area contributed by atoms with E-state index in [0.29, 0.717) is 0 Å². The van der Waals surface area contributed by atoms with Crippen LogP contribution in [0, 0.1) is 0 Å². The van der Waals surface area contributed by atoms with Crippen molar-refractivity contribution in [2.75, 3.05) is 0 Å². The van der Waals surface area contributed by atoms with Gasteiger partial charge in [0.1, 0.15) is 5.82 Å². The number of hydrogen-bond donors (Lipinski definition) is 1. The fourth-order valence-corrected chi connectivity index (χ4v) is 1.87. The second kappa shape index (κ2) is 5.34. The highest BCUT2D eigenvalue weighted by Crippen LogP contribution is 2.12. The van der Waals surface area contributed by atoms with E-state index in [0.717, 1.165) is 23.8 Å². The molecule has 0 saturated carbocycles. The van der Waals surface area contributed by atoms with E-state index in [1.54, 1.807) is 0 Å². The lowest BCUT2D eigenvalue weighted by Gasteiger charge is -2.09. The maximum atomic E-state index is 5.86. The Morgan fingerprint density at radius 1 is 1.35 bits per heavy atom. The maximum absolute atomic E-state index is 5.86. The van der Waals surface area contributed by atoms with Gasteiger partial charge in [0.2, 0.25) is 0 Å². The first kappa shape index (κ1) is 12.1. The molecule has 0 bridgehead atoms. The Hall–Kier alpha value is -1.32. The molecule has 0 aliphatic carbocycles. The van der Waals surface area contributed by atoms with Crippen LogP contribution in [0.15, 0.2) is 36.7 Å². The summed E-state index contributed by atoms with van der Waals surface area (Å²) in [5, 5.41) is 0.759. The van der Waals surface area contributed by atoms with Crippen LogP contribution in [-0.4, -0.2) is 15.6 Å². The van der Waals surface area contributed by atoms with Gasteiger partial charge in [-0.1, -0.05) is 23.7 Å². The summed E-state index contributed by atoms with van der Waals surface area (Å²) in [7, 11) is 0. The van der Waals surface area contributed by atoms with Crippen molar-refractivity contribution in [1.82, 2.24) is 9.55 Å². The highest BCUT2D eigenvalue weighted by atomic mass is 35.5. The average Bonchev–Trinajstić information content (AvgIpc) is 2.68. The van der Waals surface area contributed by atoms with Crippen LogP contribution in [0.4, 0.5) is 0 Å². The zero-order chi connectivity index (χ0) is 12.3. The fraction of sp³-hybridized carbons (Fsp3) is 0.308. The molecule has 1 atom stereocenters. The lowest BCUT2D eigenvalue weighted by Crippen LogP contribution is -2.20. The van der Waals surface area contributed by atoms with Crippen LogP contribution in [0.5, 0.6) is 0 Å². The number of nitrogens with two attached hydrogens (primary N) is 1. The van der Waals surface area contributed by atoms with Gasteiger partial charge < -0.3 is 10.3 Å². The van der Waals surface area contributed by atoms with Crippen molar-refractivity contribution in [3.63, 3.8) is 0 Å². The van der Waals surface area contributed by atoms with Crippen molar-refractivity contribution < 1.29 is 0 Å². The zero-order valence-corrected chi connectivity index (χ0v) is 10.6. The Bertz CT molecular complexity index is 474. The molecule has 0 spiro atoms. The quantitative estimate of drug-likeness (QED) is 0.905. The number of nitrogens with zero attached hydrogens (tertiary/aromatic N) is 2. The number of aromatic nitrogens is 2. The van der Waals surface area contributed by atoms with Crippen molar-refractivity contribution in [2.45, 2.75) is 25.9 Å². The molecule has 2 rings (SSSR count). The van der Waals surface area contributed by atoms with Gasteiger partial charge in [0.25, 0.3) is 0 Å². The minimum absolute atomic E-state index is 0.126. The molecule has 3 nitrogen and oxygen atoms in total. The Balaban J connectivity index is 2.13. The molecule has 1 aromatic heterocycles. The van der Waals surface area contributed by atoms with Gasteiger partial charge in [-0.3, -0.25) is 0 Å². The second-order valence-corrected chi connectivity index (χ2v) is 4.72. The van der Waals surface area contributed by atoms with Gasteiger partial charge in [-0.2, -0.15) is 0 Å². The molecule has 0 saturated heterocycles. The standard InChI is InChI=1S/C13H16ClN3/c1-10(15)8-13-16-6-7-17(13)9-11-2-4-12(14)5-3-11/h2-7,10H,8-9,15H2,1H3. The van der Waals surface area contributed by atoms with E-state index in [2.05, 4.69) is 9.55 Å². The molecule has 0 fully saturated rings. The normalized spacial score (nSPS) is 12.6. The number of imidazole rings is 1. The van der Waals surface area contributed by atoms with Crippen LogP contribution in [0.3, 0.4) is 0 Å². The van der Waals surface area contributed by atoms with Crippen molar-refractivity contribution >= 4 is 11.6 Å².